The highest BCUT2D eigenvalue weighted by Crippen LogP contribution is 2.55. The van der Waals surface area contributed by atoms with Crippen LogP contribution in [0.4, 0.5) is 26.3 Å². The summed E-state index contributed by atoms with van der Waals surface area (Å²) in [4.78, 5) is 24.6. The molecule has 0 saturated carbocycles. The van der Waals surface area contributed by atoms with Gasteiger partial charge in [0.05, 0.1) is 11.1 Å². The number of carbonyl (C=O) groups excluding carboxylic acids is 2. The SMILES string of the molecule is O=Cc1cc(-c2ccc(C(F)(F)F)cc2)c2c3c(c(-c4ccc(C(F)(F)F)cc4)cc(C=O)c13)-c1ccccc1O2. The Labute approximate surface area is 228 Å². The highest BCUT2D eigenvalue weighted by Gasteiger charge is 2.33. The summed E-state index contributed by atoms with van der Waals surface area (Å²) >= 11 is 0. The van der Waals surface area contributed by atoms with E-state index in [-0.39, 0.29) is 22.3 Å². The van der Waals surface area contributed by atoms with Crippen molar-refractivity contribution < 1.29 is 40.7 Å². The van der Waals surface area contributed by atoms with Crippen LogP contribution in [0, 0.1) is 0 Å². The van der Waals surface area contributed by atoms with Gasteiger partial charge in [-0.3, -0.25) is 9.59 Å². The maximum absolute atomic E-state index is 13.3. The zero-order valence-corrected chi connectivity index (χ0v) is 20.7. The van der Waals surface area contributed by atoms with Crippen LogP contribution < -0.4 is 4.74 Å². The summed E-state index contributed by atoms with van der Waals surface area (Å²) in [7, 11) is 0. The second-order valence-corrected chi connectivity index (χ2v) is 9.46. The van der Waals surface area contributed by atoms with Gasteiger partial charge in [-0.05, 0) is 59.2 Å². The van der Waals surface area contributed by atoms with E-state index in [1.54, 1.807) is 24.3 Å². The lowest BCUT2D eigenvalue weighted by Gasteiger charge is -2.27. The Bertz CT molecular complexity index is 1840. The molecule has 0 unspecified atom stereocenters. The van der Waals surface area contributed by atoms with Gasteiger partial charge in [-0.2, -0.15) is 26.3 Å². The Morgan fingerprint density at radius 2 is 1.05 bits per heavy atom. The maximum atomic E-state index is 13.3. The standard InChI is InChI=1S/C32H16F6O3/c33-31(34,35)21-9-5-17(6-10-21)24-13-19(15-39)27-20(16-40)14-25(18-7-11-22(12-8-18)32(36,37)38)30-29(27)28(24)23-3-1-2-4-26(23)41-30/h1-16H. The lowest BCUT2D eigenvalue weighted by atomic mass is 9.82. The molecule has 204 valence electrons. The van der Waals surface area contributed by atoms with Crippen molar-refractivity contribution in [2.45, 2.75) is 12.4 Å². The molecule has 6 rings (SSSR count). The lowest BCUT2D eigenvalue weighted by molar-refractivity contribution is -0.138. The van der Waals surface area contributed by atoms with E-state index >= 15 is 0 Å². The zero-order valence-electron chi connectivity index (χ0n) is 20.7. The molecule has 3 nitrogen and oxygen atoms in total. The van der Waals surface area contributed by atoms with Crippen molar-refractivity contribution in [2.24, 2.45) is 0 Å². The number of alkyl halides is 6. The third kappa shape index (κ3) is 4.34. The summed E-state index contributed by atoms with van der Waals surface area (Å²) in [6.45, 7) is 0. The normalized spacial score (nSPS) is 12.5. The van der Waals surface area contributed by atoms with Crippen LogP contribution in [0.2, 0.25) is 0 Å². The smallest absolute Gasteiger partial charge is 0.416 e. The quantitative estimate of drug-likeness (QED) is 0.159. The minimum Gasteiger partial charge on any atom is -0.455 e. The molecule has 5 aromatic rings. The van der Waals surface area contributed by atoms with Gasteiger partial charge in [0, 0.05) is 38.6 Å². The number of ether oxygens (including phenoxy) is 1. The van der Waals surface area contributed by atoms with E-state index in [0.717, 1.165) is 24.3 Å². The van der Waals surface area contributed by atoms with Crippen LogP contribution in [0.1, 0.15) is 31.8 Å². The van der Waals surface area contributed by atoms with Gasteiger partial charge in [0.15, 0.2) is 12.6 Å². The minimum atomic E-state index is -4.55. The Balaban J connectivity index is 1.72. The molecule has 1 aliphatic rings. The van der Waals surface area contributed by atoms with Crippen molar-refractivity contribution in [2.75, 3.05) is 0 Å². The van der Waals surface area contributed by atoms with Gasteiger partial charge in [-0.1, -0.05) is 42.5 Å². The van der Waals surface area contributed by atoms with E-state index in [0.29, 0.717) is 57.1 Å². The average molecular weight is 562 g/mol. The molecule has 0 aromatic heterocycles. The number of carbonyl (C=O) groups is 2. The van der Waals surface area contributed by atoms with Gasteiger partial charge in [0.25, 0.3) is 0 Å². The molecule has 0 amide bonds. The van der Waals surface area contributed by atoms with Crippen LogP contribution in [0.3, 0.4) is 0 Å². The third-order valence-electron chi connectivity index (χ3n) is 7.09. The predicted octanol–water partition coefficient (Wildman–Crippen LogP) is 9.61. The number of hydrogen-bond acceptors (Lipinski definition) is 3. The van der Waals surface area contributed by atoms with Gasteiger partial charge in [-0.25, -0.2) is 0 Å². The van der Waals surface area contributed by atoms with Crippen molar-refractivity contribution in [1.29, 1.82) is 0 Å². The molecule has 0 radical (unpaired) electrons. The molecule has 0 N–H and O–H groups in total. The van der Waals surface area contributed by atoms with Crippen molar-refractivity contribution in [3.8, 4) is 44.9 Å². The number of halogens is 6. The van der Waals surface area contributed by atoms with Crippen molar-refractivity contribution in [3.63, 3.8) is 0 Å². The van der Waals surface area contributed by atoms with E-state index in [9.17, 15) is 35.9 Å². The summed E-state index contributed by atoms with van der Waals surface area (Å²) in [6.07, 6.45) is -8.01. The molecule has 0 saturated heterocycles. The number of para-hydroxylation sites is 1. The monoisotopic (exact) mass is 562 g/mol. The summed E-state index contributed by atoms with van der Waals surface area (Å²) in [5, 5.41) is 0.614. The first-order chi connectivity index (χ1) is 19.5. The van der Waals surface area contributed by atoms with Gasteiger partial charge in [-0.15, -0.1) is 0 Å². The number of hydrogen-bond donors (Lipinski definition) is 0. The molecule has 9 heteroatoms. The van der Waals surface area contributed by atoms with Crippen molar-refractivity contribution in [1.82, 2.24) is 0 Å². The highest BCUT2D eigenvalue weighted by molar-refractivity contribution is 6.20. The number of rotatable bonds is 4. The minimum absolute atomic E-state index is 0.101. The van der Waals surface area contributed by atoms with Gasteiger partial charge >= 0.3 is 12.4 Å². The largest absolute Gasteiger partial charge is 0.455 e. The molecule has 0 atom stereocenters. The third-order valence-corrected chi connectivity index (χ3v) is 7.09. The molecule has 5 aromatic carbocycles. The summed E-state index contributed by atoms with van der Waals surface area (Å²) in [5.41, 5.74) is 1.03. The molecular weight excluding hydrogens is 546 g/mol. The van der Waals surface area contributed by atoms with Gasteiger partial charge < -0.3 is 4.74 Å². The Hall–Kier alpha value is -4.92. The number of benzene rings is 5. The van der Waals surface area contributed by atoms with Gasteiger partial charge in [0.1, 0.15) is 11.5 Å². The van der Waals surface area contributed by atoms with Gasteiger partial charge in [0.2, 0.25) is 0 Å². The fourth-order valence-corrected chi connectivity index (χ4v) is 5.23. The van der Waals surface area contributed by atoms with E-state index in [1.807, 2.05) is 0 Å². The summed E-state index contributed by atoms with van der Waals surface area (Å²) < 4.78 is 85.8. The fraction of sp³-hybridized carbons (Fsp3) is 0.0625. The highest BCUT2D eigenvalue weighted by atomic mass is 19.4. The van der Waals surface area contributed by atoms with Crippen LogP contribution in [0.5, 0.6) is 11.5 Å². The molecule has 1 aliphatic heterocycles. The first-order valence-electron chi connectivity index (χ1n) is 12.2. The molecule has 41 heavy (non-hydrogen) atoms. The van der Waals surface area contributed by atoms with Crippen molar-refractivity contribution in [3.05, 3.63) is 107 Å². The lowest BCUT2D eigenvalue weighted by Crippen LogP contribution is -2.06. The zero-order chi connectivity index (χ0) is 29.1. The van der Waals surface area contributed by atoms with Crippen LogP contribution in [-0.4, -0.2) is 12.6 Å². The van der Waals surface area contributed by atoms with Crippen LogP contribution in [0.15, 0.2) is 84.9 Å². The predicted molar refractivity (Wildman–Crippen MR) is 141 cm³/mol. The first-order valence-corrected chi connectivity index (χ1v) is 12.2. The van der Waals surface area contributed by atoms with Crippen molar-refractivity contribution >= 4 is 23.3 Å². The van der Waals surface area contributed by atoms with Crippen LogP contribution >= 0.6 is 0 Å². The molecular formula is C32H16F6O3. The second-order valence-electron chi connectivity index (χ2n) is 9.46. The van der Waals surface area contributed by atoms with Crippen LogP contribution in [-0.2, 0) is 12.4 Å². The Kier molecular flexibility index (Phi) is 5.99. The average Bonchev–Trinajstić information content (AvgIpc) is 2.96. The summed E-state index contributed by atoms with van der Waals surface area (Å²) in [6, 6.07) is 18.7. The molecule has 0 aliphatic carbocycles. The number of fused-ring (bicyclic) bond motifs is 2. The topological polar surface area (TPSA) is 43.4 Å². The molecule has 0 fully saturated rings. The van der Waals surface area contributed by atoms with E-state index in [2.05, 4.69) is 0 Å². The first kappa shape index (κ1) is 26.3. The van der Waals surface area contributed by atoms with Crippen LogP contribution in [0.25, 0.3) is 44.2 Å². The van der Waals surface area contributed by atoms with E-state index in [4.69, 9.17) is 4.74 Å². The maximum Gasteiger partial charge on any atom is 0.416 e. The Morgan fingerprint density at radius 1 is 0.561 bits per heavy atom. The summed E-state index contributed by atoms with van der Waals surface area (Å²) in [5.74, 6) is 0.594. The Morgan fingerprint density at radius 3 is 1.56 bits per heavy atom. The molecule has 0 spiro atoms. The number of aldehydes is 2. The molecule has 1 heterocycles. The van der Waals surface area contributed by atoms with E-state index in [1.165, 1.54) is 36.4 Å². The van der Waals surface area contributed by atoms with E-state index < -0.39 is 23.5 Å². The second kappa shape index (κ2) is 9.33. The molecule has 0 bridgehead atoms. The fourth-order valence-electron chi connectivity index (χ4n) is 5.23.